The number of aryl methyl sites for hydroxylation is 1. The van der Waals surface area contributed by atoms with Gasteiger partial charge in [0.2, 0.25) is 10.0 Å². The lowest BCUT2D eigenvalue weighted by Gasteiger charge is -2.08. The zero-order chi connectivity index (χ0) is 16.0. The van der Waals surface area contributed by atoms with E-state index >= 15 is 0 Å². The molecule has 5 heteroatoms. The molecule has 0 spiro atoms. The first-order valence-corrected chi connectivity index (χ1v) is 9.90. The van der Waals surface area contributed by atoms with E-state index in [4.69, 9.17) is 0 Å². The molecule has 0 heterocycles. The molecule has 2 aromatic carbocycles. The summed E-state index contributed by atoms with van der Waals surface area (Å²) in [5, 5.41) is 0. The van der Waals surface area contributed by atoms with E-state index in [0.717, 1.165) is 28.4 Å². The average molecular weight is 429 g/mol. The highest BCUT2D eigenvalue weighted by molar-refractivity contribution is 14.1. The summed E-state index contributed by atoms with van der Waals surface area (Å²) in [6.07, 6.45) is 3.25. The maximum absolute atomic E-state index is 12.3. The Morgan fingerprint density at radius 2 is 1.77 bits per heavy atom. The Bertz CT molecular complexity index is 712. The van der Waals surface area contributed by atoms with Crippen LogP contribution in [0.15, 0.2) is 53.4 Å². The summed E-state index contributed by atoms with van der Waals surface area (Å²) in [5.74, 6) is 0. The zero-order valence-electron chi connectivity index (χ0n) is 12.5. The Morgan fingerprint density at radius 3 is 2.41 bits per heavy atom. The molecule has 3 nitrogen and oxygen atoms in total. The molecule has 0 aliphatic carbocycles. The molecular formula is C17H20INO2S. The first-order valence-electron chi connectivity index (χ1n) is 7.34. The topological polar surface area (TPSA) is 46.2 Å². The van der Waals surface area contributed by atoms with Gasteiger partial charge in [-0.15, -0.1) is 0 Å². The number of hydrogen-bond acceptors (Lipinski definition) is 2. The number of hydrogen-bond donors (Lipinski definition) is 1. The first-order chi connectivity index (χ1) is 10.5. The first kappa shape index (κ1) is 17.4. The summed E-state index contributed by atoms with van der Waals surface area (Å²) in [7, 11) is -3.46. The van der Waals surface area contributed by atoms with E-state index < -0.39 is 10.0 Å². The van der Waals surface area contributed by atoms with Crippen LogP contribution in [0.25, 0.3) is 0 Å². The number of halogens is 1. The van der Waals surface area contributed by atoms with E-state index in [1.54, 1.807) is 12.1 Å². The fourth-order valence-electron chi connectivity index (χ4n) is 2.12. The second-order valence-corrected chi connectivity index (χ2v) is 8.21. The Kier molecular flexibility index (Phi) is 6.40. The number of nitrogens with one attached hydrogen (secondary N) is 1. The third-order valence-electron chi connectivity index (χ3n) is 3.41. The normalized spacial score (nSPS) is 11.5. The fourth-order valence-corrected chi connectivity index (χ4v) is 3.75. The van der Waals surface area contributed by atoms with Gasteiger partial charge in [0.25, 0.3) is 0 Å². The van der Waals surface area contributed by atoms with Gasteiger partial charge in [-0.05, 0) is 70.8 Å². The molecule has 0 saturated heterocycles. The van der Waals surface area contributed by atoms with Crippen molar-refractivity contribution in [3.05, 3.63) is 63.2 Å². The predicted molar refractivity (Wildman–Crippen MR) is 98.2 cm³/mol. The number of sulfonamides is 1. The van der Waals surface area contributed by atoms with Crippen molar-refractivity contribution < 1.29 is 8.42 Å². The smallest absolute Gasteiger partial charge is 0.207 e. The molecule has 22 heavy (non-hydrogen) atoms. The molecule has 118 valence electrons. The maximum Gasteiger partial charge on any atom is 0.240 e. The van der Waals surface area contributed by atoms with Gasteiger partial charge in [-0.3, -0.25) is 0 Å². The quantitative estimate of drug-likeness (QED) is 0.674. The van der Waals surface area contributed by atoms with E-state index in [1.807, 2.05) is 36.4 Å². The third-order valence-corrected chi connectivity index (χ3v) is 5.50. The minimum atomic E-state index is -3.46. The van der Waals surface area contributed by atoms with Gasteiger partial charge in [0, 0.05) is 10.1 Å². The molecule has 2 aromatic rings. The van der Waals surface area contributed by atoms with E-state index in [1.165, 1.54) is 5.56 Å². The lowest BCUT2D eigenvalue weighted by Crippen LogP contribution is -2.23. The van der Waals surface area contributed by atoms with Gasteiger partial charge in [-0.25, -0.2) is 13.1 Å². The van der Waals surface area contributed by atoms with Gasteiger partial charge in [-0.2, -0.15) is 0 Å². The van der Waals surface area contributed by atoms with Gasteiger partial charge >= 0.3 is 0 Å². The Hall–Kier alpha value is -0.920. The van der Waals surface area contributed by atoms with Gasteiger partial charge in [0.05, 0.1) is 4.90 Å². The van der Waals surface area contributed by atoms with Gasteiger partial charge in [0.1, 0.15) is 0 Å². The van der Waals surface area contributed by atoms with Crippen molar-refractivity contribution in [3.63, 3.8) is 0 Å². The van der Waals surface area contributed by atoms with Crippen molar-refractivity contribution in [2.75, 3.05) is 0 Å². The molecule has 0 aliphatic rings. The van der Waals surface area contributed by atoms with Gasteiger partial charge < -0.3 is 0 Å². The lowest BCUT2D eigenvalue weighted by molar-refractivity contribution is 0.581. The fraction of sp³-hybridized carbons (Fsp3) is 0.294. The summed E-state index contributed by atoms with van der Waals surface area (Å²) in [6.45, 7) is 2.45. The van der Waals surface area contributed by atoms with Crippen molar-refractivity contribution in [3.8, 4) is 0 Å². The van der Waals surface area contributed by atoms with Crippen LogP contribution in [-0.4, -0.2) is 8.42 Å². The summed E-state index contributed by atoms with van der Waals surface area (Å²) in [6, 6.07) is 15.0. The highest BCUT2D eigenvalue weighted by atomic mass is 127. The van der Waals surface area contributed by atoms with Crippen molar-refractivity contribution >= 4 is 32.6 Å². The molecule has 0 saturated carbocycles. The molecule has 0 fully saturated rings. The molecule has 0 amide bonds. The van der Waals surface area contributed by atoms with Crippen LogP contribution in [-0.2, 0) is 23.0 Å². The minimum Gasteiger partial charge on any atom is -0.207 e. The van der Waals surface area contributed by atoms with E-state index in [2.05, 4.69) is 34.2 Å². The Morgan fingerprint density at radius 1 is 1.05 bits per heavy atom. The molecular weight excluding hydrogens is 409 g/mol. The van der Waals surface area contributed by atoms with Crippen LogP contribution in [0.2, 0.25) is 0 Å². The summed E-state index contributed by atoms with van der Waals surface area (Å²) in [5.41, 5.74) is 2.13. The number of benzene rings is 2. The SMILES string of the molecule is CCCCc1ccc(S(=O)(=O)NCc2cccc(I)c2)cc1. The lowest BCUT2D eigenvalue weighted by atomic mass is 10.1. The zero-order valence-corrected chi connectivity index (χ0v) is 15.5. The van der Waals surface area contributed by atoms with Crippen LogP contribution < -0.4 is 4.72 Å². The molecule has 0 radical (unpaired) electrons. The third kappa shape index (κ3) is 5.07. The minimum absolute atomic E-state index is 0.302. The summed E-state index contributed by atoms with van der Waals surface area (Å²) < 4.78 is 28.3. The van der Waals surface area contributed by atoms with Crippen molar-refractivity contribution in [2.45, 2.75) is 37.6 Å². The van der Waals surface area contributed by atoms with Crippen molar-refractivity contribution in [1.82, 2.24) is 4.72 Å². The predicted octanol–water partition coefficient (Wildman–Crippen LogP) is 4.11. The molecule has 0 bridgehead atoms. The van der Waals surface area contributed by atoms with E-state index in [0.29, 0.717) is 11.4 Å². The monoisotopic (exact) mass is 429 g/mol. The molecule has 1 N–H and O–H groups in total. The van der Waals surface area contributed by atoms with E-state index in [9.17, 15) is 8.42 Å². The maximum atomic E-state index is 12.3. The standard InChI is InChI=1S/C17H20INO2S/c1-2-3-5-14-8-10-17(11-9-14)22(20,21)19-13-15-6-4-7-16(18)12-15/h4,6-12,19H,2-3,5,13H2,1H3. The molecule has 2 rings (SSSR count). The van der Waals surface area contributed by atoms with Crippen molar-refractivity contribution in [2.24, 2.45) is 0 Å². The highest BCUT2D eigenvalue weighted by Gasteiger charge is 2.13. The van der Waals surface area contributed by atoms with Crippen molar-refractivity contribution in [1.29, 1.82) is 0 Å². The van der Waals surface area contributed by atoms with Crippen LogP contribution >= 0.6 is 22.6 Å². The molecule has 0 unspecified atom stereocenters. The average Bonchev–Trinajstić information content (AvgIpc) is 2.52. The summed E-state index contributed by atoms with van der Waals surface area (Å²) >= 11 is 2.21. The number of rotatable bonds is 7. The highest BCUT2D eigenvalue weighted by Crippen LogP contribution is 2.14. The summed E-state index contributed by atoms with van der Waals surface area (Å²) in [4.78, 5) is 0.318. The molecule has 0 aliphatic heterocycles. The second-order valence-electron chi connectivity index (χ2n) is 5.20. The molecule has 0 aromatic heterocycles. The largest absolute Gasteiger partial charge is 0.240 e. The van der Waals surface area contributed by atoms with Crippen LogP contribution in [0, 0.1) is 3.57 Å². The van der Waals surface area contributed by atoms with Crippen LogP contribution in [0.4, 0.5) is 0 Å². The molecule has 0 atom stereocenters. The van der Waals surface area contributed by atoms with Crippen LogP contribution in [0.3, 0.4) is 0 Å². The van der Waals surface area contributed by atoms with Gasteiger partial charge in [0.15, 0.2) is 0 Å². The second kappa shape index (κ2) is 8.08. The van der Waals surface area contributed by atoms with Crippen LogP contribution in [0.5, 0.6) is 0 Å². The Labute approximate surface area is 146 Å². The number of unbranched alkanes of at least 4 members (excludes halogenated alkanes) is 1. The van der Waals surface area contributed by atoms with Crippen LogP contribution in [0.1, 0.15) is 30.9 Å². The Balaban J connectivity index is 2.03. The van der Waals surface area contributed by atoms with E-state index in [-0.39, 0.29) is 0 Å². The van der Waals surface area contributed by atoms with Gasteiger partial charge in [-0.1, -0.05) is 37.6 Å².